The van der Waals surface area contributed by atoms with E-state index in [1.165, 1.54) is 0 Å². The molecule has 1 atom stereocenters. The Balaban J connectivity index is 1.58. The molecule has 0 aromatic carbocycles. The molecule has 0 fully saturated rings. The number of fused-ring (bicyclic) bond motifs is 1. The fourth-order valence-corrected chi connectivity index (χ4v) is 3.57. The van der Waals surface area contributed by atoms with Crippen LogP contribution < -0.4 is 10.6 Å². The minimum absolute atomic E-state index is 0.104. The average molecular weight is 428 g/mol. The minimum Gasteiger partial charge on any atom is -0.369 e. The van der Waals surface area contributed by atoms with Crippen LogP contribution in [0.4, 0.5) is 5.82 Å². The Morgan fingerprint density at radius 3 is 2.59 bits per heavy atom. The van der Waals surface area contributed by atoms with Crippen LogP contribution in [0.15, 0.2) is 49.1 Å². The molecule has 2 N–H and O–H groups in total. The van der Waals surface area contributed by atoms with Crippen molar-refractivity contribution in [2.75, 3.05) is 18.9 Å². The molecule has 162 valence electrons. The lowest BCUT2D eigenvalue weighted by Crippen LogP contribution is -2.19. The van der Waals surface area contributed by atoms with Crippen molar-refractivity contribution in [3.05, 3.63) is 71.6 Å². The largest absolute Gasteiger partial charge is 0.369 e. The average Bonchev–Trinajstić information content (AvgIpc) is 2.81. The molecule has 0 saturated heterocycles. The van der Waals surface area contributed by atoms with Gasteiger partial charge in [0.2, 0.25) is 0 Å². The van der Waals surface area contributed by atoms with Gasteiger partial charge in [0, 0.05) is 54.9 Å². The van der Waals surface area contributed by atoms with E-state index < -0.39 is 0 Å². The Labute approximate surface area is 186 Å². The third-order valence-electron chi connectivity index (χ3n) is 5.32. The molecular weight excluding hydrogens is 402 g/mol. The molecule has 4 aromatic rings. The van der Waals surface area contributed by atoms with Crippen molar-refractivity contribution < 1.29 is 4.79 Å². The predicted molar refractivity (Wildman–Crippen MR) is 125 cm³/mol. The van der Waals surface area contributed by atoms with E-state index in [0.29, 0.717) is 17.6 Å². The predicted octanol–water partition coefficient (Wildman–Crippen LogP) is 3.67. The van der Waals surface area contributed by atoms with Gasteiger partial charge in [-0.2, -0.15) is 0 Å². The van der Waals surface area contributed by atoms with Crippen molar-refractivity contribution in [3.8, 4) is 11.3 Å². The van der Waals surface area contributed by atoms with Gasteiger partial charge >= 0.3 is 0 Å². The van der Waals surface area contributed by atoms with Gasteiger partial charge in [0.15, 0.2) is 0 Å². The van der Waals surface area contributed by atoms with Crippen molar-refractivity contribution in [1.82, 2.24) is 30.2 Å². The topological polar surface area (TPSA) is 106 Å². The van der Waals surface area contributed by atoms with Crippen LogP contribution in [0.25, 0.3) is 22.3 Å². The molecule has 8 nitrogen and oxygen atoms in total. The van der Waals surface area contributed by atoms with Gasteiger partial charge in [-0.05, 0) is 43.7 Å². The van der Waals surface area contributed by atoms with E-state index in [4.69, 9.17) is 0 Å². The molecule has 4 aromatic heterocycles. The molecule has 0 unspecified atom stereocenters. The molecule has 1 amide bonds. The highest BCUT2D eigenvalue weighted by Gasteiger charge is 2.17. The quantitative estimate of drug-likeness (QED) is 0.483. The molecule has 0 radical (unpaired) electrons. The number of pyridine rings is 3. The highest BCUT2D eigenvalue weighted by Crippen LogP contribution is 2.26. The van der Waals surface area contributed by atoms with Crippen LogP contribution >= 0.6 is 0 Å². The van der Waals surface area contributed by atoms with Gasteiger partial charge in [0.25, 0.3) is 5.91 Å². The van der Waals surface area contributed by atoms with Crippen LogP contribution in [0.2, 0.25) is 0 Å². The normalized spacial score (nSPS) is 11.9. The summed E-state index contributed by atoms with van der Waals surface area (Å²) in [7, 11) is 1.61. The molecule has 0 aliphatic heterocycles. The van der Waals surface area contributed by atoms with Gasteiger partial charge in [0.05, 0.1) is 16.8 Å². The van der Waals surface area contributed by atoms with E-state index in [-0.39, 0.29) is 11.8 Å². The first-order chi connectivity index (χ1) is 15.5. The van der Waals surface area contributed by atoms with Gasteiger partial charge in [-0.3, -0.25) is 19.7 Å². The number of aryl methyl sites for hydroxylation is 2. The second-order valence-corrected chi connectivity index (χ2v) is 7.75. The van der Waals surface area contributed by atoms with E-state index >= 15 is 0 Å². The smallest absolute Gasteiger partial charge is 0.253 e. The molecule has 8 heteroatoms. The zero-order valence-electron chi connectivity index (χ0n) is 18.5. The van der Waals surface area contributed by atoms with Crippen LogP contribution in [0.1, 0.15) is 40.2 Å². The lowest BCUT2D eigenvalue weighted by molar-refractivity contribution is 0.0964. The van der Waals surface area contributed by atoms with E-state index in [9.17, 15) is 4.79 Å². The second-order valence-electron chi connectivity index (χ2n) is 7.75. The number of hydrogen-bond donors (Lipinski definition) is 2. The summed E-state index contributed by atoms with van der Waals surface area (Å²) in [5.74, 6) is 0.665. The molecule has 0 bridgehead atoms. The number of rotatable bonds is 6. The first-order valence-corrected chi connectivity index (χ1v) is 10.4. The minimum atomic E-state index is -0.171. The van der Waals surface area contributed by atoms with E-state index in [0.717, 1.165) is 39.5 Å². The van der Waals surface area contributed by atoms with Gasteiger partial charge < -0.3 is 10.6 Å². The zero-order valence-corrected chi connectivity index (χ0v) is 18.5. The molecule has 0 spiro atoms. The van der Waals surface area contributed by atoms with Crippen LogP contribution in [0.3, 0.4) is 0 Å². The molecule has 0 aliphatic rings. The Bertz CT molecular complexity index is 1270. The zero-order chi connectivity index (χ0) is 22.7. The summed E-state index contributed by atoms with van der Waals surface area (Å²) in [5, 5.41) is 6.07. The van der Waals surface area contributed by atoms with E-state index in [1.807, 2.05) is 44.3 Å². The standard InChI is InChI=1S/C24H25N7O/c1-14(11-28-21-10-20(29-13-30-21)17-6-5-15(2)27-12-17)18-7-8-26-22-19(24(32)25-4)9-16(3)31-23(18)22/h5-10,12-14H,11H2,1-4H3,(H,25,32)(H,28,29,30)/t14-/m1/s1. The first-order valence-electron chi connectivity index (χ1n) is 10.4. The monoisotopic (exact) mass is 427 g/mol. The van der Waals surface area contributed by atoms with Crippen molar-refractivity contribution in [2.45, 2.75) is 26.7 Å². The fourth-order valence-electron chi connectivity index (χ4n) is 3.57. The van der Waals surface area contributed by atoms with Crippen molar-refractivity contribution >= 4 is 22.8 Å². The van der Waals surface area contributed by atoms with E-state index in [2.05, 4.69) is 42.5 Å². The lowest BCUT2D eigenvalue weighted by atomic mass is 9.98. The number of hydrogen-bond acceptors (Lipinski definition) is 7. The Morgan fingerprint density at radius 1 is 1.00 bits per heavy atom. The maximum atomic E-state index is 12.3. The van der Waals surface area contributed by atoms with E-state index in [1.54, 1.807) is 25.6 Å². The second kappa shape index (κ2) is 9.05. The summed E-state index contributed by atoms with van der Waals surface area (Å²) in [6, 6.07) is 9.60. The Hall–Kier alpha value is -3.94. The summed E-state index contributed by atoms with van der Waals surface area (Å²) in [6.07, 6.45) is 5.08. The third kappa shape index (κ3) is 4.39. The summed E-state index contributed by atoms with van der Waals surface area (Å²) in [5.41, 5.74) is 6.39. The Kier molecular flexibility index (Phi) is 6.02. The number of amides is 1. The summed E-state index contributed by atoms with van der Waals surface area (Å²) < 4.78 is 0. The number of aromatic nitrogens is 5. The molecule has 0 saturated carbocycles. The molecule has 4 rings (SSSR count). The van der Waals surface area contributed by atoms with Crippen LogP contribution in [0, 0.1) is 13.8 Å². The summed E-state index contributed by atoms with van der Waals surface area (Å²) in [4.78, 5) is 34.5. The van der Waals surface area contributed by atoms with Crippen molar-refractivity contribution in [3.63, 3.8) is 0 Å². The SMILES string of the molecule is CNC(=O)c1cc(C)nc2c([C@H](C)CNc3cc(-c4ccc(C)nc4)ncn3)ccnc12. The lowest BCUT2D eigenvalue weighted by Gasteiger charge is -2.16. The van der Waals surface area contributed by atoms with Gasteiger partial charge in [-0.15, -0.1) is 0 Å². The number of carbonyl (C=O) groups excluding carboxylic acids is 1. The maximum absolute atomic E-state index is 12.3. The van der Waals surface area contributed by atoms with Crippen LogP contribution in [0.5, 0.6) is 0 Å². The maximum Gasteiger partial charge on any atom is 0.253 e. The van der Waals surface area contributed by atoms with Crippen molar-refractivity contribution in [1.29, 1.82) is 0 Å². The van der Waals surface area contributed by atoms with Crippen LogP contribution in [-0.4, -0.2) is 44.4 Å². The highest BCUT2D eigenvalue weighted by molar-refractivity contribution is 6.05. The molecule has 0 aliphatic carbocycles. The summed E-state index contributed by atoms with van der Waals surface area (Å²) in [6.45, 7) is 6.58. The molecular formula is C24H25N7O. The first kappa shape index (κ1) is 21.3. The van der Waals surface area contributed by atoms with Gasteiger partial charge in [-0.1, -0.05) is 6.92 Å². The highest BCUT2D eigenvalue weighted by atomic mass is 16.1. The number of nitrogens with one attached hydrogen (secondary N) is 2. The molecule has 32 heavy (non-hydrogen) atoms. The van der Waals surface area contributed by atoms with Crippen LogP contribution in [-0.2, 0) is 0 Å². The van der Waals surface area contributed by atoms with Crippen molar-refractivity contribution in [2.24, 2.45) is 0 Å². The Morgan fingerprint density at radius 2 is 1.84 bits per heavy atom. The third-order valence-corrected chi connectivity index (χ3v) is 5.32. The molecule has 4 heterocycles. The number of carbonyl (C=O) groups is 1. The summed E-state index contributed by atoms with van der Waals surface area (Å²) >= 11 is 0. The fraction of sp³-hybridized carbons (Fsp3) is 0.250. The number of anilines is 1. The number of nitrogens with zero attached hydrogens (tertiary/aromatic N) is 5. The van der Waals surface area contributed by atoms with Gasteiger partial charge in [0.1, 0.15) is 17.7 Å². The van der Waals surface area contributed by atoms with Gasteiger partial charge in [-0.25, -0.2) is 9.97 Å².